The van der Waals surface area contributed by atoms with Gasteiger partial charge in [-0.15, -0.1) is 0 Å². The largest absolute Gasteiger partial charge is 0.461 e. The summed E-state index contributed by atoms with van der Waals surface area (Å²) in [6.45, 7) is 3.93. The van der Waals surface area contributed by atoms with Gasteiger partial charge < -0.3 is 4.74 Å². The van der Waals surface area contributed by atoms with E-state index in [9.17, 15) is 9.59 Å². The topological polar surface area (TPSA) is 55.7 Å². The Hall–Kier alpha value is -1.41. The van der Waals surface area contributed by atoms with E-state index in [2.05, 4.69) is 9.73 Å². The van der Waals surface area contributed by atoms with E-state index in [4.69, 9.17) is 0 Å². The predicted molar refractivity (Wildman–Crippen MR) is 47.7 cm³/mol. The average Bonchev–Trinajstić information content (AvgIpc) is 2.12. The summed E-state index contributed by atoms with van der Waals surface area (Å²) in [5.74, 6) is -0.570. The van der Waals surface area contributed by atoms with Crippen LogP contribution < -0.4 is 0 Å². The van der Waals surface area contributed by atoms with Crippen LogP contribution >= 0.6 is 0 Å². The lowest BCUT2D eigenvalue weighted by Gasteiger charge is -1.99. The molecule has 0 aromatic carbocycles. The van der Waals surface area contributed by atoms with Crippen molar-refractivity contribution in [3.63, 3.8) is 0 Å². The second kappa shape index (κ2) is 7.25. The van der Waals surface area contributed by atoms with Crippen molar-refractivity contribution in [2.75, 3.05) is 6.61 Å². The van der Waals surface area contributed by atoms with E-state index in [0.29, 0.717) is 6.42 Å². The molecule has 0 aliphatic carbocycles. The van der Waals surface area contributed by atoms with Crippen molar-refractivity contribution in [3.8, 4) is 0 Å². The second-order valence-corrected chi connectivity index (χ2v) is 2.30. The van der Waals surface area contributed by atoms with Crippen LogP contribution in [0.25, 0.3) is 0 Å². The standard InChI is InChI=1S/C9H13NO3/c1-3-5-6-8(10-7-11)9(12)13-4-2/h6H,3-5H2,1-2H3. The number of isocyanates is 1. The summed E-state index contributed by atoms with van der Waals surface area (Å²) < 4.78 is 4.67. The van der Waals surface area contributed by atoms with Crippen molar-refractivity contribution in [2.24, 2.45) is 4.99 Å². The lowest BCUT2D eigenvalue weighted by atomic mass is 10.3. The summed E-state index contributed by atoms with van der Waals surface area (Å²) in [7, 11) is 0. The van der Waals surface area contributed by atoms with E-state index < -0.39 is 5.97 Å². The first-order valence-electron chi connectivity index (χ1n) is 4.21. The van der Waals surface area contributed by atoms with E-state index in [1.165, 1.54) is 6.08 Å². The van der Waals surface area contributed by atoms with Crippen LogP contribution in [0.2, 0.25) is 0 Å². The van der Waals surface area contributed by atoms with Crippen LogP contribution in [-0.4, -0.2) is 18.7 Å². The number of carbonyl (C=O) groups is 1. The van der Waals surface area contributed by atoms with Gasteiger partial charge in [-0.2, -0.15) is 4.99 Å². The summed E-state index contributed by atoms with van der Waals surface area (Å²) in [6.07, 6.45) is 4.47. The Bertz CT molecular complexity index is 239. The summed E-state index contributed by atoms with van der Waals surface area (Å²) in [5.41, 5.74) is 0.0405. The number of allylic oxidation sites excluding steroid dienone is 1. The fourth-order valence-corrected chi connectivity index (χ4v) is 0.710. The van der Waals surface area contributed by atoms with Crippen molar-refractivity contribution < 1.29 is 14.3 Å². The van der Waals surface area contributed by atoms with Crippen LogP contribution in [0.3, 0.4) is 0 Å². The van der Waals surface area contributed by atoms with Crippen LogP contribution in [0.4, 0.5) is 0 Å². The zero-order chi connectivity index (χ0) is 10.1. The van der Waals surface area contributed by atoms with Crippen LogP contribution in [-0.2, 0) is 14.3 Å². The van der Waals surface area contributed by atoms with Crippen molar-refractivity contribution in [3.05, 3.63) is 11.8 Å². The molecule has 0 atom stereocenters. The fraction of sp³-hybridized carbons (Fsp3) is 0.556. The van der Waals surface area contributed by atoms with Gasteiger partial charge in [0.1, 0.15) is 0 Å². The molecule has 0 saturated heterocycles. The van der Waals surface area contributed by atoms with Crippen molar-refractivity contribution in [1.29, 1.82) is 0 Å². The molecule has 0 saturated carbocycles. The Balaban J connectivity index is 4.40. The monoisotopic (exact) mass is 183 g/mol. The number of hydrogen-bond donors (Lipinski definition) is 0. The normalized spacial score (nSPS) is 10.5. The number of esters is 1. The van der Waals surface area contributed by atoms with Gasteiger partial charge in [0.15, 0.2) is 5.70 Å². The Morgan fingerprint density at radius 1 is 1.54 bits per heavy atom. The minimum atomic E-state index is -0.570. The van der Waals surface area contributed by atoms with Gasteiger partial charge in [-0.05, 0) is 13.3 Å². The SMILES string of the molecule is CCCC=C(N=C=O)C(=O)OCC. The molecule has 0 radical (unpaired) electrons. The Labute approximate surface area is 77.3 Å². The van der Waals surface area contributed by atoms with Crippen LogP contribution in [0, 0.1) is 0 Å². The van der Waals surface area contributed by atoms with Gasteiger partial charge in [0.05, 0.1) is 6.61 Å². The highest BCUT2D eigenvalue weighted by Crippen LogP contribution is 2.02. The predicted octanol–water partition coefficient (Wildman–Crippen LogP) is 1.57. The smallest absolute Gasteiger partial charge is 0.357 e. The number of ether oxygens (including phenoxy) is 1. The van der Waals surface area contributed by atoms with Crippen LogP contribution in [0.5, 0.6) is 0 Å². The van der Waals surface area contributed by atoms with Gasteiger partial charge >= 0.3 is 5.97 Å². The highest BCUT2D eigenvalue weighted by Gasteiger charge is 2.07. The van der Waals surface area contributed by atoms with E-state index in [-0.39, 0.29) is 12.3 Å². The van der Waals surface area contributed by atoms with Gasteiger partial charge in [0, 0.05) is 0 Å². The van der Waals surface area contributed by atoms with E-state index >= 15 is 0 Å². The highest BCUT2D eigenvalue weighted by atomic mass is 16.5. The molecule has 0 heterocycles. The number of unbranched alkanes of at least 4 members (excludes halogenated alkanes) is 1. The molecule has 0 spiro atoms. The molecular weight excluding hydrogens is 170 g/mol. The van der Waals surface area contributed by atoms with E-state index in [1.54, 1.807) is 13.0 Å². The number of hydrogen-bond acceptors (Lipinski definition) is 4. The van der Waals surface area contributed by atoms with Crippen molar-refractivity contribution in [2.45, 2.75) is 26.7 Å². The average molecular weight is 183 g/mol. The van der Waals surface area contributed by atoms with E-state index in [0.717, 1.165) is 6.42 Å². The summed E-state index contributed by atoms with van der Waals surface area (Å²) >= 11 is 0. The molecule has 4 nitrogen and oxygen atoms in total. The van der Waals surface area contributed by atoms with Crippen LogP contribution in [0.15, 0.2) is 16.8 Å². The lowest BCUT2D eigenvalue weighted by molar-refractivity contribution is -0.138. The number of nitrogens with zero attached hydrogens (tertiary/aromatic N) is 1. The zero-order valence-electron chi connectivity index (χ0n) is 7.87. The quantitative estimate of drug-likeness (QED) is 0.281. The molecule has 0 aromatic rings. The van der Waals surface area contributed by atoms with Crippen molar-refractivity contribution >= 4 is 12.0 Å². The maximum absolute atomic E-state index is 11.1. The Morgan fingerprint density at radius 3 is 2.69 bits per heavy atom. The summed E-state index contributed by atoms with van der Waals surface area (Å²) in [6, 6.07) is 0. The summed E-state index contributed by atoms with van der Waals surface area (Å²) in [5, 5.41) is 0. The first-order chi connectivity index (χ1) is 6.26. The minimum absolute atomic E-state index is 0.0405. The first-order valence-corrected chi connectivity index (χ1v) is 4.21. The Morgan fingerprint density at radius 2 is 2.23 bits per heavy atom. The fourth-order valence-electron chi connectivity index (χ4n) is 0.710. The number of aliphatic imine (C=N–C) groups is 1. The van der Waals surface area contributed by atoms with Crippen LogP contribution in [0.1, 0.15) is 26.7 Å². The minimum Gasteiger partial charge on any atom is -0.461 e. The molecule has 72 valence electrons. The number of carbonyl (C=O) groups excluding carboxylic acids is 2. The molecular formula is C9H13NO3. The molecule has 0 aliphatic heterocycles. The van der Waals surface area contributed by atoms with Crippen molar-refractivity contribution in [1.82, 2.24) is 0 Å². The maximum Gasteiger partial charge on any atom is 0.357 e. The maximum atomic E-state index is 11.1. The zero-order valence-corrected chi connectivity index (χ0v) is 7.87. The molecule has 0 bridgehead atoms. The Kier molecular flexibility index (Phi) is 6.46. The van der Waals surface area contributed by atoms with E-state index in [1.807, 2.05) is 6.92 Å². The molecule has 0 unspecified atom stereocenters. The lowest BCUT2D eigenvalue weighted by Crippen LogP contribution is -2.05. The van der Waals surface area contributed by atoms with Gasteiger partial charge in [-0.25, -0.2) is 9.59 Å². The molecule has 0 amide bonds. The van der Waals surface area contributed by atoms with Gasteiger partial charge in [0.25, 0.3) is 0 Å². The molecule has 13 heavy (non-hydrogen) atoms. The second-order valence-electron chi connectivity index (χ2n) is 2.30. The molecule has 0 rings (SSSR count). The third kappa shape index (κ3) is 4.93. The third-order valence-electron chi connectivity index (χ3n) is 1.28. The number of rotatable bonds is 5. The molecule has 0 aliphatic rings. The molecule has 0 aromatic heterocycles. The first kappa shape index (κ1) is 11.6. The van der Waals surface area contributed by atoms with Gasteiger partial charge in [-0.1, -0.05) is 19.4 Å². The third-order valence-corrected chi connectivity index (χ3v) is 1.28. The molecule has 0 N–H and O–H groups in total. The molecule has 0 fully saturated rings. The highest BCUT2D eigenvalue weighted by molar-refractivity contribution is 5.88. The van der Waals surface area contributed by atoms with Gasteiger partial charge in [0.2, 0.25) is 6.08 Å². The molecule has 4 heteroatoms. The van der Waals surface area contributed by atoms with Gasteiger partial charge in [-0.3, -0.25) is 0 Å². The summed E-state index contributed by atoms with van der Waals surface area (Å²) in [4.78, 5) is 24.3.